The molecule has 1 aliphatic rings. The lowest BCUT2D eigenvalue weighted by Crippen LogP contribution is -2.34. The molecule has 0 aromatic heterocycles. The highest BCUT2D eigenvalue weighted by Gasteiger charge is 2.36. The lowest BCUT2D eigenvalue weighted by atomic mass is 9.83. The molecule has 24 heavy (non-hydrogen) atoms. The number of esters is 1. The summed E-state index contributed by atoms with van der Waals surface area (Å²) in [4.78, 5) is 35.2. The number of benzene rings is 1. The lowest BCUT2D eigenvalue weighted by molar-refractivity contribution is -0.385. The molecule has 1 aromatic carbocycles. The molecule has 1 aliphatic heterocycles. The van der Waals surface area contributed by atoms with Gasteiger partial charge in [-0.15, -0.1) is 0 Å². The van der Waals surface area contributed by atoms with Gasteiger partial charge in [-0.2, -0.15) is 0 Å². The zero-order valence-corrected chi connectivity index (χ0v) is 13.9. The minimum absolute atomic E-state index is 0.0334. The Hall–Kier alpha value is -2.70. The van der Waals surface area contributed by atoms with Crippen LogP contribution in [0.5, 0.6) is 0 Å². The molecule has 128 valence electrons. The molecule has 0 unspecified atom stereocenters. The first-order valence-electron chi connectivity index (χ1n) is 7.72. The SMILES string of the molecule is CC1=C(C(=O)OCC(C)C)[C@H](c2ccccc2[N+](=O)[O-])CC(=O)N1. The summed E-state index contributed by atoms with van der Waals surface area (Å²) >= 11 is 0. The number of allylic oxidation sites excluding steroid dienone is 1. The Kier molecular flexibility index (Phi) is 5.33. The van der Waals surface area contributed by atoms with Crippen LogP contribution < -0.4 is 5.32 Å². The van der Waals surface area contributed by atoms with E-state index in [9.17, 15) is 19.7 Å². The smallest absolute Gasteiger partial charge is 0.336 e. The van der Waals surface area contributed by atoms with Crippen molar-refractivity contribution in [1.29, 1.82) is 0 Å². The lowest BCUT2D eigenvalue weighted by Gasteiger charge is -2.26. The van der Waals surface area contributed by atoms with E-state index in [1.807, 2.05) is 13.8 Å². The Balaban J connectivity index is 2.46. The largest absolute Gasteiger partial charge is 0.462 e. The van der Waals surface area contributed by atoms with Crippen molar-refractivity contribution in [3.05, 3.63) is 51.2 Å². The van der Waals surface area contributed by atoms with Crippen LogP contribution in [0.2, 0.25) is 0 Å². The zero-order chi connectivity index (χ0) is 17.9. The molecule has 1 heterocycles. The van der Waals surface area contributed by atoms with Gasteiger partial charge in [0.1, 0.15) is 0 Å². The van der Waals surface area contributed by atoms with Crippen LogP contribution in [-0.4, -0.2) is 23.4 Å². The molecule has 0 saturated heterocycles. The summed E-state index contributed by atoms with van der Waals surface area (Å²) in [5, 5.41) is 13.9. The molecule has 2 rings (SSSR count). The van der Waals surface area contributed by atoms with E-state index in [0.717, 1.165) is 0 Å². The number of nitrogens with one attached hydrogen (secondary N) is 1. The van der Waals surface area contributed by atoms with Crippen LogP contribution in [-0.2, 0) is 14.3 Å². The fraction of sp³-hybridized carbons (Fsp3) is 0.412. The van der Waals surface area contributed by atoms with Crippen molar-refractivity contribution in [1.82, 2.24) is 5.32 Å². The molecule has 0 radical (unpaired) electrons. The molecule has 1 aromatic rings. The molecule has 1 atom stereocenters. The van der Waals surface area contributed by atoms with Crippen LogP contribution in [0.15, 0.2) is 35.5 Å². The first-order valence-corrected chi connectivity index (χ1v) is 7.72. The highest BCUT2D eigenvalue weighted by Crippen LogP contribution is 2.37. The van der Waals surface area contributed by atoms with Crippen molar-refractivity contribution in [3.63, 3.8) is 0 Å². The number of amides is 1. The van der Waals surface area contributed by atoms with Crippen molar-refractivity contribution in [2.45, 2.75) is 33.1 Å². The minimum atomic E-state index is -0.694. The third-order valence-corrected chi connectivity index (χ3v) is 3.75. The Labute approximate surface area is 139 Å². The first-order chi connectivity index (χ1) is 11.3. The zero-order valence-electron chi connectivity index (χ0n) is 13.9. The number of nitrogens with zero attached hydrogens (tertiary/aromatic N) is 1. The van der Waals surface area contributed by atoms with E-state index in [1.165, 1.54) is 6.07 Å². The number of hydrogen-bond donors (Lipinski definition) is 1. The van der Waals surface area contributed by atoms with Crippen molar-refractivity contribution < 1.29 is 19.2 Å². The highest BCUT2D eigenvalue weighted by molar-refractivity contribution is 5.96. The van der Waals surface area contributed by atoms with Crippen molar-refractivity contribution >= 4 is 17.6 Å². The van der Waals surface area contributed by atoms with Gasteiger partial charge in [0.15, 0.2) is 0 Å². The molecular weight excluding hydrogens is 312 g/mol. The molecule has 1 amide bonds. The quantitative estimate of drug-likeness (QED) is 0.508. The fourth-order valence-corrected chi connectivity index (χ4v) is 2.71. The second-order valence-electron chi connectivity index (χ2n) is 6.15. The summed E-state index contributed by atoms with van der Waals surface area (Å²) in [6, 6.07) is 6.15. The Morgan fingerprint density at radius 2 is 2.08 bits per heavy atom. The maximum Gasteiger partial charge on any atom is 0.336 e. The van der Waals surface area contributed by atoms with E-state index in [4.69, 9.17) is 4.74 Å². The molecule has 0 saturated carbocycles. The number of carbonyl (C=O) groups is 2. The van der Waals surface area contributed by atoms with E-state index < -0.39 is 16.8 Å². The number of nitro benzene ring substituents is 1. The Bertz CT molecular complexity index is 709. The summed E-state index contributed by atoms with van der Waals surface area (Å²) < 4.78 is 5.28. The summed E-state index contributed by atoms with van der Waals surface area (Å²) in [5.41, 5.74) is 0.875. The van der Waals surface area contributed by atoms with E-state index in [-0.39, 0.29) is 36.1 Å². The van der Waals surface area contributed by atoms with E-state index in [0.29, 0.717) is 11.3 Å². The van der Waals surface area contributed by atoms with Gasteiger partial charge >= 0.3 is 5.97 Å². The standard InChI is InChI=1S/C17H20N2O5/c1-10(2)9-24-17(21)16-11(3)18-15(20)8-13(16)12-6-4-5-7-14(12)19(22)23/h4-7,10,13H,8-9H2,1-3H3,(H,18,20)/t13-/m0/s1. The Morgan fingerprint density at radius 1 is 1.42 bits per heavy atom. The van der Waals surface area contributed by atoms with Gasteiger partial charge in [0, 0.05) is 29.7 Å². The average molecular weight is 332 g/mol. The van der Waals surface area contributed by atoms with Crippen LogP contribution in [0.1, 0.15) is 38.7 Å². The van der Waals surface area contributed by atoms with Crippen molar-refractivity contribution in [2.75, 3.05) is 6.61 Å². The number of rotatable bonds is 5. The molecule has 1 N–H and O–H groups in total. The van der Waals surface area contributed by atoms with Gasteiger partial charge in [-0.05, 0) is 12.8 Å². The number of carbonyl (C=O) groups excluding carboxylic acids is 2. The molecule has 7 heteroatoms. The fourth-order valence-electron chi connectivity index (χ4n) is 2.71. The number of hydrogen-bond acceptors (Lipinski definition) is 5. The van der Waals surface area contributed by atoms with Crippen molar-refractivity contribution in [2.24, 2.45) is 5.92 Å². The highest BCUT2D eigenvalue weighted by atomic mass is 16.6. The summed E-state index contributed by atoms with van der Waals surface area (Å²) in [6.07, 6.45) is -0.0334. The third kappa shape index (κ3) is 3.79. The van der Waals surface area contributed by atoms with Crippen LogP contribution in [0.4, 0.5) is 5.69 Å². The van der Waals surface area contributed by atoms with Crippen LogP contribution in [0.3, 0.4) is 0 Å². The molecule has 0 bridgehead atoms. The van der Waals surface area contributed by atoms with Crippen LogP contribution in [0.25, 0.3) is 0 Å². The normalized spacial score (nSPS) is 17.7. The molecular formula is C17H20N2O5. The van der Waals surface area contributed by atoms with Gasteiger partial charge in [0.05, 0.1) is 17.1 Å². The monoisotopic (exact) mass is 332 g/mol. The molecule has 7 nitrogen and oxygen atoms in total. The summed E-state index contributed by atoms with van der Waals surface area (Å²) in [5.74, 6) is -1.36. The molecule has 0 fully saturated rings. The summed E-state index contributed by atoms with van der Waals surface area (Å²) in [7, 11) is 0. The van der Waals surface area contributed by atoms with Gasteiger partial charge in [-0.3, -0.25) is 14.9 Å². The van der Waals surface area contributed by atoms with Crippen molar-refractivity contribution in [3.8, 4) is 0 Å². The number of nitro groups is 1. The van der Waals surface area contributed by atoms with Gasteiger partial charge in [0.25, 0.3) is 5.69 Å². The minimum Gasteiger partial charge on any atom is -0.462 e. The van der Waals surface area contributed by atoms with Gasteiger partial charge in [0.2, 0.25) is 5.91 Å². The second-order valence-corrected chi connectivity index (χ2v) is 6.15. The average Bonchev–Trinajstić information content (AvgIpc) is 2.51. The number of para-hydroxylation sites is 1. The summed E-state index contributed by atoms with van der Waals surface area (Å²) in [6.45, 7) is 5.67. The second kappa shape index (κ2) is 7.25. The van der Waals surface area contributed by atoms with Gasteiger partial charge < -0.3 is 10.1 Å². The topological polar surface area (TPSA) is 98.5 Å². The predicted octanol–water partition coefficient (Wildman–Crippen LogP) is 2.67. The third-order valence-electron chi connectivity index (χ3n) is 3.75. The van der Waals surface area contributed by atoms with Crippen LogP contribution >= 0.6 is 0 Å². The first kappa shape index (κ1) is 17.7. The maximum atomic E-state index is 12.5. The van der Waals surface area contributed by atoms with Gasteiger partial charge in [-0.1, -0.05) is 32.0 Å². The molecule has 0 spiro atoms. The number of ether oxygens (including phenoxy) is 1. The maximum absolute atomic E-state index is 12.5. The van der Waals surface area contributed by atoms with E-state index in [2.05, 4.69) is 5.32 Å². The van der Waals surface area contributed by atoms with Gasteiger partial charge in [-0.25, -0.2) is 4.79 Å². The Morgan fingerprint density at radius 3 is 2.71 bits per heavy atom. The van der Waals surface area contributed by atoms with E-state index >= 15 is 0 Å². The van der Waals surface area contributed by atoms with Crippen LogP contribution in [0, 0.1) is 16.0 Å². The predicted molar refractivity (Wildman–Crippen MR) is 87.1 cm³/mol. The van der Waals surface area contributed by atoms with E-state index in [1.54, 1.807) is 25.1 Å². The molecule has 0 aliphatic carbocycles.